The highest BCUT2D eigenvalue weighted by Gasteiger charge is 2.71. The van der Waals surface area contributed by atoms with Gasteiger partial charge in [-0.25, -0.2) is 4.98 Å². The first-order valence-electron chi connectivity index (χ1n) is 9.41. The highest BCUT2D eigenvalue weighted by atomic mass is 79.9. The summed E-state index contributed by atoms with van der Waals surface area (Å²) in [7, 11) is 0. The Balaban J connectivity index is 1.51. The average Bonchev–Trinajstić information content (AvgIpc) is 3.29. The number of aromatic nitrogens is 1. The van der Waals surface area contributed by atoms with Crippen molar-refractivity contribution < 1.29 is 14.4 Å². The van der Waals surface area contributed by atoms with Gasteiger partial charge in [-0.15, -0.1) is 0 Å². The highest BCUT2D eigenvalue weighted by Crippen LogP contribution is 2.74. The Hall–Kier alpha value is -1.96. The van der Waals surface area contributed by atoms with E-state index in [1.54, 1.807) is 18.3 Å². The lowest BCUT2D eigenvalue weighted by molar-refractivity contribution is -0.134. The molecule has 1 heterocycles. The van der Waals surface area contributed by atoms with Crippen molar-refractivity contribution in [2.24, 2.45) is 34.8 Å². The van der Waals surface area contributed by atoms with Gasteiger partial charge in [-0.1, -0.05) is 0 Å². The number of hydrogen-bond acceptors (Lipinski definition) is 4. The highest BCUT2D eigenvalue weighted by molar-refractivity contribution is 9.10. The molecule has 2 bridgehead atoms. The van der Waals surface area contributed by atoms with Gasteiger partial charge in [-0.05, 0) is 71.0 Å². The molecule has 1 spiro atoms. The van der Waals surface area contributed by atoms with E-state index in [0.717, 1.165) is 25.7 Å². The van der Waals surface area contributed by atoms with Crippen LogP contribution in [0.2, 0.25) is 0 Å². The number of primary amides is 1. The second-order valence-electron chi connectivity index (χ2n) is 7.94. The van der Waals surface area contributed by atoms with Crippen LogP contribution in [-0.2, 0) is 14.4 Å². The second-order valence-corrected chi connectivity index (χ2v) is 8.75. The molecule has 27 heavy (non-hydrogen) atoms. The predicted molar refractivity (Wildman–Crippen MR) is 102 cm³/mol. The molecule has 0 aliphatic heterocycles. The largest absolute Gasteiger partial charge is 0.370 e. The second kappa shape index (κ2) is 6.89. The summed E-state index contributed by atoms with van der Waals surface area (Å²) >= 11 is 3.28. The maximum absolute atomic E-state index is 13.1. The van der Waals surface area contributed by atoms with Crippen LogP contribution in [0.1, 0.15) is 32.1 Å². The van der Waals surface area contributed by atoms with E-state index in [1.165, 1.54) is 0 Å². The van der Waals surface area contributed by atoms with Gasteiger partial charge in [0.15, 0.2) is 0 Å². The summed E-state index contributed by atoms with van der Waals surface area (Å²) in [5.74, 6) is -0.811. The van der Waals surface area contributed by atoms with E-state index in [1.807, 2.05) is 0 Å². The molecule has 0 unspecified atom stereocenters. The molecular weight excluding hydrogens is 412 g/mol. The summed E-state index contributed by atoms with van der Waals surface area (Å²) in [5, 5.41) is 5.77. The molecule has 3 aliphatic rings. The first-order chi connectivity index (χ1) is 12.9. The van der Waals surface area contributed by atoms with Crippen molar-refractivity contribution in [2.45, 2.75) is 32.1 Å². The molecule has 1 aromatic rings. The van der Waals surface area contributed by atoms with Crippen molar-refractivity contribution in [1.29, 1.82) is 0 Å². The van der Waals surface area contributed by atoms with Gasteiger partial charge >= 0.3 is 0 Å². The lowest BCUT2D eigenvalue weighted by atomic mass is 9.78. The molecule has 4 N–H and O–H groups in total. The molecule has 1 aromatic heterocycles. The van der Waals surface area contributed by atoms with Gasteiger partial charge < -0.3 is 16.4 Å². The quantitative estimate of drug-likeness (QED) is 0.592. The first-order valence-corrected chi connectivity index (χ1v) is 10.2. The van der Waals surface area contributed by atoms with Gasteiger partial charge in [0.05, 0.1) is 23.7 Å². The Morgan fingerprint density at radius 3 is 2.37 bits per heavy atom. The van der Waals surface area contributed by atoms with Crippen molar-refractivity contribution in [2.75, 3.05) is 11.9 Å². The third-order valence-electron chi connectivity index (χ3n) is 6.62. The summed E-state index contributed by atoms with van der Waals surface area (Å²) in [5.41, 5.74) is 5.95. The third-order valence-corrected chi connectivity index (χ3v) is 7.09. The first kappa shape index (κ1) is 18.4. The maximum Gasteiger partial charge on any atom is 0.228 e. The number of rotatable bonds is 6. The lowest BCUT2D eigenvalue weighted by Crippen LogP contribution is -2.43. The minimum Gasteiger partial charge on any atom is -0.370 e. The Morgan fingerprint density at radius 1 is 1.15 bits per heavy atom. The van der Waals surface area contributed by atoms with E-state index in [9.17, 15) is 14.4 Å². The third kappa shape index (κ3) is 3.24. The van der Waals surface area contributed by atoms with E-state index in [4.69, 9.17) is 5.73 Å². The fraction of sp³-hybridized carbons (Fsp3) is 0.579. The number of nitrogens with two attached hydrogens (primary N) is 1. The molecule has 0 aromatic carbocycles. The molecule has 3 amide bonds. The maximum atomic E-state index is 13.1. The number of carbonyl (C=O) groups excluding carboxylic acids is 3. The van der Waals surface area contributed by atoms with Gasteiger partial charge in [0.1, 0.15) is 4.60 Å². The van der Waals surface area contributed by atoms with Crippen LogP contribution in [0.15, 0.2) is 22.9 Å². The Kier molecular flexibility index (Phi) is 4.70. The topological polar surface area (TPSA) is 114 Å². The summed E-state index contributed by atoms with van der Waals surface area (Å²) in [6.07, 6.45) is 5.94. The number of pyridine rings is 1. The van der Waals surface area contributed by atoms with Crippen LogP contribution in [-0.4, -0.2) is 29.3 Å². The Bertz CT molecular complexity index is 778. The van der Waals surface area contributed by atoms with Gasteiger partial charge in [-0.3, -0.25) is 14.4 Å². The predicted octanol–water partition coefficient (Wildman–Crippen LogP) is 1.83. The molecule has 7 nitrogen and oxygen atoms in total. The van der Waals surface area contributed by atoms with Gasteiger partial charge in [-0.2, -0.15) is 0 Å². The van der Waals surface area contributed by atoms with Crippen molar-refractivity contribution in [1.82, 2.24) is 10.3 Å². The fourth-order valence-electron chi connectivity index (χ4n) is 5.46. The van der Waals surface area contributed by atoms with E-state index in [0.29, 0.717) is 10.3 Å². The molecule has 144 valence electrons. The molecule has 0 radical (unpaired) electrons. The Morgan fingerprint density at radius 2 is 1.81 bits per heavy atom. The van der Waals surface area contributed by atoms with Crippen molar-refractivity contribution in [3.05, 3.63) is 22.9 Å². The monoisotopic (exact) mass is 434 g/mol. The van der Waals surface area contributed by atoms with Crippen molar-refractivity contribution in [3.63, 3.8) is 0 Å². The molecular formula is C19H23BrN4O3. The summed E-state index contributed by atoms with van der Waals surface area (Å²) < 4.78 is 0.698. The average molecular weight is 435 g/mol. The van der Waals surface area contributed by atoms with Gasteiger partial charge in [0.2, 0.25) is 17.7 Å². The molecule has 4 atom stereocenters. The summed E-state index contributed by atoms with van der Waals surface area (Å²) in [6, 6.07) is 3.56. The molecule has 0 saturated heterocycles. The van der Waals surface area contributed by atoms with E-state index in [-0.39, 0.29) is 53.9 Å². The lowest BCUT2D eigenvalue weighted by Gasteiger charge is -2.29. The molecule has 3 aliphatic carbocycles. The number of nitrogens with zero attached hydrogens (tertiary/aromatic N) is 1. The number of nitrogens with one attached hydrogen (secondary N) is 2. The normalized spacial score (nSPS) is 29.5. The Labute approximate surface area is 166 Å². The van der Waals surface area contributed by atoms with Crippen molar-refractivity contribution in [3.8, 4) is 0 Å². The number of hydrogen-bond donors (Lipinski definition) is 3. The minimum atomic E-state index is -0.445. The zero-order chi connectivity index (χ0) is 19.2. The van der Waals surface area contributed by atoms with Gasteiger partial charge in [0.25, 0.3) is 0 Å². The molecule has 3 fully saturated rings. The van der Waals surface area contributed by atoms with Gasteiger partial charge in [0, 0.05) is 13.0 Å². The van der Waals surface area contributed by atoms with Crippen molar-refractivity contribution >= 4 is 39.3 Å². The number of anilines is 1. The minimum absolute atomic E-state index is 0.104. The standard InChI is InChI=1S/C19H23BrN4O3/c20-13-4-1-10(9-23-13)24-18(27)16-12-3-2-11(19(12)6-7-19)15(16)17(26)22-8-5-14(21)25/h1,4,9,11-12,15-16H,2-3,5-8H2,(H2,21,25)(H,22,26)(H,24,27)/t11-,12+,15-,16-/m1/s1. The van der Waals surface area contributed by atoms with Crippen LogP contribution >= 0.6 is 15.9 Å². The van der Waals surface area contributed by atoms with Crippen LogP contribution in [0.25, 0.3) is 0 Å². The SMILES string of the molecule is NC(=O)CCNC(=O)[C@H]1[C@H](C(=O)Nc2ccc(Br)nc2)[C@@H]2CC[C@H]1C21CC1. The number of halogens is 1. The summed E-state index contributed by atoms with van der Waals surface area (Å²) in [4.78, 5) is 41.1. The fourth-order valence-corrected chi connectivity index (χ4v) is 5.70. The number of carbonyl (C=O) groups is 3. The zero-order valence-electron chi connectivity index (χ0n) is 14.9. The summed E-state index contributed by atoms with van der Waals surface area (Å²) in [6.45, 7) is 0.222. The van der Waals surface area contributed by atoms with E-state index >= 15 is 0 Å². The van der Waals surface area contributed by atoms with E-state index < -0.39 is 5.91 Å². The molecule has 8 heteroatoms. The smallest absolute Gasteiger partial charge is 0.228 e. The molecule has 4 rings (SSSR count). The van der Waals surface area contributed by atoms with Crippen LogP contribution in [0.4, 0.5) is 5.69 Å². The van der Waals surface area contributed by atoms with Crippen LogP contribution in [0, 0.1) is 29.1 Å². The van der Waals surface area contributed by atoms with Crippen LogP contribution in [0.3, 0.4) is 0 Å². The van der Waals surface area contributed by atoms with Crippen LogP contribution < -0.4 is 16.4 Å². The van der Waals surface area contributed by atoms with E-state index in [2.05, 4.69) is 31.5 Å². The number of amides is 3. The van der Waals surface area contributed by atoms with Crippen LogP contribution in [0.5, 0.6) is 0 Å². The molecule has 3 saturated carbocycles. The zero-order valence-corrected chi connectivity index (χ0v) is 16.5.